The minimum atomic E-state index is -0.588. The van der Waals surface area contributed by atoms with Crippen LogP contribution in [-0.4, -0.2) is 48.9 Å². The van der Waals surface area contributed by atoms with Crippen LogP contribution in [0.2, 0.25) is 0 Å². The molecule has 0 aliphatic carbocycles. The van der Waals surface area contributed by atoms with Crippen LogP contribution < -0.4 is 15.2 Å². The number of rotatable bonds is 6. The van der Waals surface area contributed by atoms with Crippen LogP contribution in [0.25, 0.3) is 0 Å². The summed E-state index contributed by atoms with van der Waals surface area (Å²) in [6.45, 7) is 1.65. The Morgan fingerprint density at radius 2 is 1.74 bits per heavy atom. The summed E-state index contributed by atoms with van der Waals surface area (Å²) in [6.07, 6.45) is 1.15. The van der Waals surface area contributed by atoms with E-state index in [1.807, 2.05) is 65.6 Å². The first-order valence-corrected chi connectivity index (χ1v) is 14.3. The van der Waals surface area contributed by atoms with Gasteiger partial charge in [0.1, 0.15) is 11.5 Å². The van der Waals surface area contributed by atoms with E-state index in [0.29, 0.717) is 61.8 Å². The van der Waals surface area contributed by atoms with E-state index in [0.717, 1.165) is 22.3 Å². The number of nitrogens with zero attached hydrogens (tertiary/aromatic N) is 2. The van der Waals surface area contributed by atoms with Gasteiger partial charge in [-0.3, -0.25) is 9.59 Å². The molecular weight excluding hydrogens is 542 g/mol. The second kappa shape index (κ2) is 11.7. The standard InChI is InChI=1S/C35H33N3O5/c1-41-28-12-10-26(32(21-28)42-2)23-38-33(39)29-14-9-25(22-36)20-30(29)35(38)16-18-37(19-17-35)34(40)31-15-13-27(43-31)11-8-24-6-4-3-5-7-24/h3-7,9-10,12-15,20-21H,16-19,22-23,36H2,1-2H3. The van der Waals surface area contributed by atoms with Crippen molar-refractivity contribution in [1.29, 1.82) is 0 Å². The van der Waals surface area contributed by atoms with Crippen molar-refractivity contribution in [3.8, 4) is 23.3 Å². The van der Waals surface area contributed by atoms with Gasteiger partial charge in [-0.1, -0.05) is 36.3 Å². The van der Waals surface area contributed by atoms with Gasteiger partial charge >= 0.3 is 0 Å². The number of ether oxygens (including phenoxy) is 2. The molecule has 4 aromatic rings. The Morgan fingerprint density at radius 1 is 0.953 bits per heavy atom. The predicted octanol–water partition coefficient (Wildman–Crippen LogP) is 4.94. The van der Waals surface area contributed by atoms with Crippen LogP contribution in [0, 0.1) is 11.8 Å². The number of fused-ring (bicyclic) bond motifs is 2. The van der Waals surface area contributed by atoms with Gasteiger partial charge in [-0.15, -0.1) is 0 Å². The predicted molar refractivity (Wildman–Crippen MR) is 162 cm³/mol. The van der Waals surface area contributed by atoms with E-state index in [1.165, 1.54) is 0 Å². The van der Waals surface area contributed by atoms with Gasteiger partial charge in [0.15, 0.2) is 11.5 Å². The Labute approximate surface area is 251 Å². The highest BCUT2D eigenvalue weighted by atomic mass is 16.5. The van der Waals surface area contributed by atoms with Gasteiger partial charge in [0.05, 0.1) is 26.3 Å². The fourth-order valence-electron chi connectivity index (χ4n) is 6.10. The maximum atomic E-state index is 13.9. The van der Waals surface area contributed by atoms with Gasteiger partial charge in [0, 0.05) is 42.4 Å². The average Bonchev–Trinajstić information content (AvgIpc) is 3.62. The Hall–Kier alpha value is -5.00. The summed E-state index contributed by atoms with van der Waals surface area (Å²) in [6, 6.07) is 24.5. The van der Waals surface area contributed by atoms with Crippen molar-refractivity contribution in [2.75, 3.05) is 27.3 Å². The summed E-state index contributed by atoms with van der Waals surface area (Å²) in [5, 5.41) is 0. The molecule has 2 aliphatic rings. The van der Waals surface area contributed by atoms with Crippen LogP contribution >= 0.6 is 0 Å². The highest BCUT2D eigenvalue weighted by Gasteiger charge is 2.51. The highest BCUT2D eigenvalue weighted by Crippen LogP contribution is 2.48. The Morgan fingerprint density at radius 3 is 2.47 bits per heavy atom. The largest absolute Gasteiger partial charge is 0.497 e. The van der Waals surface area contributed by atoms with Crippen LogP contribution in [-0.2, 0) is 18.6 Å². The molecule has 8 nitrogen and oxygen atoms in total. The minimum absolute atomic E-state index is 0.0381. The number of nitrogens with two attached hydrogens (primary N) is 1. The number of carbonyl (C=O) groups excluding carboxylic acids is 2. The number of hydrogen-bond acceptors (Lipinski definition) is 6. The molecule has 2 amide bonds. The average molecular weight is 576 g/mol. The number of carbonyl (C=O) groups is 2. The van der Waals surface area contributed by atoms with E-state index in [1.54, 1.807) is 31.3 Å². The Balaban J connectivity index is 1.26. The number of methoxy groups -OCH3 is 2. The summed E-state index contributed by atoms with van der Waals surface area (Å²) in [5.41, 5.74) is 9.77. The molecule has 1 spiro atoms. The van der Waals surface area contributed by atoms with Crippen molar-refractivity contribution in [2.45, 2.75) is 31.5 Å². The number of hydrogen-bond donors (Lipinski definition) is 1. The number of likely N-dealkylation sites (tertiary alicyclic amines) is 1. The van der Waals surface area contributed by atoms with Crippen LogP contribution in [0.5, 0.6) is 11.5 Å². The van der Waals surface area contributed by atoms with Gasteiger partial charge < -0.3 is 29.4 Å². The fraction of sp³-hybridized carbons (Fsp3) is 0.257. The molecule has 2 N–H and O–H groups in total. The zero-order chi connectivity index (χ0) is 30.0. The summed E-state index contributed by atoms with van der Waals surface area (Å²) < 4.78 is 16.8. The molecule has 1 aromatic heterocycles. The molecule has 0 atom stereocenters. The molecule has 6 rings (SSSR count). The lowest BCUT2D eigenvalue weighted by Crippen LogP contribution is -2.52. The lowest BCUT2D eigenvalue weighted by molar-refractivity contribution is 0.0212. The first-order chi connectivity index (χ1) is 21.0. The van der Waals surface area contributed by atoms with Crippen LogP contribution in [0.3, 0.4) is 0 Å². The molecule has 1 saturated heterocycles. The molecule has 3 aromatic carbocycles. The monoisotopic (exact) mass is 575 g/mol. The third kappa shape index (κ3) is 5.24. The van der Waals surface area contributed by atoms with Gasteiger partial charge in [0.2, 0.25) is 0 Å². The smallest absolute Gasteiger partial charge is 0.289 e. The second-order valence-electron chi connectivity index (χ2n) is 10.8. The molecular formula is C35H33N3O5. The van der Waals surface area contributed by atoms with Crippen LogP contribution in [0.15, 0.2) is 83.3 Å². The van der Waals surface area contributed by atoms with E-state index in [4.69, 9.17) is 19.6 Å². The zero-order valence-electron chi connectivity index (χ0n) is 24.3. The first-order valence-electron chi connectivity index (χ1n) is 14.3. The lowest BCUT2D eigenvalue weighted by Gasteiger charge is -2.45. The normalized spacial score (nSPS) is 15.2. The number of furan rings is 1. The topological polar surface area (TPSA) is 98.2 Å². The molecule has 2 aliphatic heterocycles. The molecule has 0 radical (unpaired) electrons. The summed E-state index contributed by atoms with van der Waals surface area (Å²) in [7, 11) is 3.22. The summed E-state index contributed by atoms with van der Waals surface area (Å²) >= 11 is 0. The molecule has 0 bridgehead atoms. The molecule has 218 valence electrons. The number of benzene rings is 3. The first kappa shape index (κ1) is 28.1. The molecule has 8 heteroatoms. The summed E-state index contributed by atoms with van der Waals surface area (Å²) in [5.74, 6) is 7.84. The Bertz CT molecular complexity index is 1730. The van der Waals surface area contributed by atoms with E-state index in [9.17, 15) is 9.59 Å². The van der Waals surface area contributed by atoms with Crippen molar-refractivity contribution in [2.24, 2.45) is 5.73 Å². The van der Waals surface area contributed by atoms with Gasteiger partial charge in [-0.2, -0.15) is 0 Å². The maximum Gasteiger partial charge on any atom is 0.289 e. The second-order valence-corrected chi connectivity index (χ2v) is 10.8. The van der Waals surface area contributed by atoms with Gasteiger partial charge in [0.25, 0.3) is 11.8 Å². The quantitative estimate of drug-likeness (QED) is 0.327. The van der Waals surface area contributed by atoms with E-state index in [2.05, 4.69) is 17.9 Å². The third-order valence-electron chi connectivity index (χ3n) is 8.43. The molecule has 0 unspecified atom stereocenters. The number of amides is 2. The minimum Gasteiger partial charge on any atom is -0.497 e. The lowest BCUT2D eigenvalue weighted by atomic mass is 9.80. The number of piperidine rings is 1. The molecule has 0 saturated carbocycles. The zero-order valence-corrected chi connectivity index (χ0v) is 24.3. The maximum absolute atomic E-state index is 13.9. The van der Waals surface area contributed by atoms with Gasteiger partial charge in [-0.25, -0.2) is 0 Å². The van der Waals surface area contributed by atoms with E-state index < -0.39 is 5.54 Å². The van der Waals surface area contributed by atoms with Crippen molar-refractivity contribution < 1.29 is 23.5 Å². The van der Waals surface area contributed by atoms with Crippen LogP contribution in [0.4, 0.5) is 0 Å². The van der Waals surface area contributed by atoms with Gasteiger partial charge in [-0.05, 0) is 72.4 Å². The Kier molecular flexibility index (Phi) is 7.66. The molecule has 1 fully saturated rings. The van der Waals surface area contributed by atoms with Crippen molar-refractivity contribution in [1.82, 2.24) is 9.80 Å². The third-order valence-corrected chi connectivity index (χ3v) is 8.43. The molecule has 43 heavy (non-hydrogen) atoms. The fourth-order valence-corrected chi connectivity index (χ4v) is 6.10. The van der Waals surface area contributed by atoms with Crippen molar-refractivity contribution in [3.05, 3.63) is 118 Å². The SMILES string of the molecule is COc1ccc(CN2C(=O)c3ccc(CN)cc3C23CCN(C(=O)c2ccc(C#Cc4ccccc4)o2)CC3)c(OC)c1. The van der Waals surface area contributed by atoms with Crippen LogP contribution in [0.1, 0.15) is 61.8 Å². The van der Waals surface area contributed by atoms with E-state index >= 15 is 0 Å². The van der Waals surface area contributed by atoms with Crippen molar-refractivity contribution >= 4 is 11.8 Å². The van der Waals surface area contributed by atoms with E-state index in [-0.39, 0.29) is 17.6 Å². The highest BCUT2D eigenvalue weighted by molar-refractivity contribution is 6.00. The van der Waals surface area contributed by atoms with Crippen molar-refractivity contribution in [3.63, 3.8) is 0 Å². The molecule has 3 heterocycles. The summed E-state index contributed by atoms with van der Waals surface area (Å²) in [4.78, 5) is 31.1.